The zero-order valence-corrected chi connectivity index (χ0v) is 20.6. The molecule has 0 aromatic heterocycles. The summed E-state index contributed by atoms with van der Waals surface area (Å²) in [6, 6.07) is 20.9. The van der Waals surface area contributed by atoms with Crippen LogP contribution in [0.15, 0.2) is 76.8 Å². The van der Waals surface area contributed by atoms with Gasteiger partial charge >= 0.3 is 0 Å². The standard InChI is InChI=1S/C26H22BrN3O5/c1-33-21-10-8-20(9-11-21)30-26(32)18(15-28)12-17-13-22(27)25(23(14-17)34-2)35-16-24(31)29-19-6-4-3-5-7-19/h3-14H,16H2,1-2H3,(H,29,31)(H,30,32)/b18-12+. The van der Waals surface area contributed by atoms with Gasteiger partial charge in [-0.15, -0.1) is 0 Å². The van der Waals surface area contributed by atoms with E-state index >= 15 is 0 Å². The molecule has 8 nitrogen and oxygen atoms in total. The number of carbonyl (C=O) groups excluding carboxylic acids is 2. The number of nitrogens with zero attached hydrogens (tertiary/aromatic N) is 1. The molecule has 0 saturated carbocycles. The van der Waals surface area contributed by atoms with E-state index in [-0.39, 0.29) is 18.1 Å². The van der Waals surface area contributed by atoms with E-state index in [1.54, 1.807) is 55.6 Å². The van der Waals surface area contributed by atoms with E-state index in [4.69, 9.17) is 14.2 Å². The van der Waals surface area contributed by atoms with Crippen LogP contribution in [0.5, 0.6) is 17.2 Å². The third-order valence-corrected chi connectivity index (χ3v) is 5.27. The Hall–Kier alpha value is -4.29. The molecular weight excluding hydrogens is 514 g/mol. The third kappa shape index (κ3) is 7.09. The molecule has 3 aromatic carbocycles. The maximum absolute atomic E-state index is 12.6. The highest BCUT2D eigenvalue weighted by molar-refractivity contribution is 9.10. The fourth-order valence-corrected chi connectivity index (χ4v) is 3.58. The van der Waals surface area contributed by atoms with Crippen molar-refractivity contribution < 1.29 is 23.8 Å². The van der Waals surface area contributed by atoms with Crippen LogP contribution in [-0.2, 0) is 9.59 Å². The number of amides is 2. The Morgan fingerprint density at radius 3 is 2.29 bits per heavy atom. The van der Waals surface area contributed by atoms with E-state index in [2.05, 4.69) is 26.6 Å². The molecular formula is C26H22BrN3O5. The lowest BCUT2D eigenvalue weighted by molar-refractivity contribution is -0.118. The van der Waals surface area contributed by atoms with E-state index in [0.29, 0.717) is 38.7 Å². The monoisotopic (exact) mass is 535 g/mol. The van der Waals surface area contributed by atoms with Gasteiger partial charge in [0.05, 0.1) is 18.7 Å². The largest absolute Gasteiger partial charge is 0.497 e. The number of anilines is 2. The molecule has 0 saturated heterocycles. The average Bonchev–Trinajstić information content (AvgIpc) is 2.87. The van der Waals surface area contributed by atoms with Crippen LogP contribution in [0.1, 0.15) is 5.56 Å². The molecule has 3 rings (SSSR count). The SMILES string of the molecule is COc1ccc(NC(=O)/C(C#N)=C/c2cc(Br)c(OCC(=O)Nc3ccccc3)c(OC)c2)cc1. The van der Waals surface area contributed by atoms with Gasteiger partial charge in [0, 0.05) is 11.4 Å². The zero-order chi connectivity index (χ0) is 25.2. The lowest BCUT2D eigenvalue weighted by Gasteiger charge is -2.14. The number of benzene rings is 3. The van der Waals surface area contributed by atoms with E-state index in [9.17, 15) is 14.9 Å². The van der Waals surface area contributed by atoms with E-state index in [1.165, 1.54) is 13.2 Å². The second kappa shape index (κ2) is 12.3. The van der Waals surface area contributed by atoms with Crippen LogP contribution in [0.25, 0.3) is 6.08 Å². The van der Waals surface area contributed by atoms with Crippen LogP contribution < -0.4 is 24.8 Å². The van der Waals surface area contributed by atoms with Crippen LogP contribution in [0.4, 0.5) is 11.4 Å². The molecule has 0 aliphatic carbocycles. The molecule has 35 heavy (non-hydrogen) atoms. The molecule has 0 fully saturated rings. The summed E-state index contributed by atoms with van der Waals surface area (Å²) in [5.41, 5.74) is 1.60. The Morgan fingerprint density at radius 1 is 0.971 bits per heavy atom. The minimum atomic E-state index is -0.564. The fraction of sp³-hybridized carbons (Fsp3) is 0.115. The highest BCUT2D eigenvalue weighted by Gasteiger charge is 2.15. The lowest BCUT2D eigenvalue weighted by atomic mass is 10.1. The number of hydrogen-bond acceptors (Lipinski definition) is 6. The van der Waals surface area contributed by atoms with Gasteiger partial charge in [0.2, 0.25) is 0 Å². The van der Waals surface area contributed by atoms with E-state index in [0.717, 1.165) is 0 Å². The summed E-state index contributed by atoms with van der Waals surface area (Å²) in [4.78, 5) is 24.8. The van der Waals surface area contributed by atoms with Crippen LogP contribution in [-0.4, -0.2) is 32.6 Å². The van der Waals surface area contributed by atoms with Gasteiger partial charge in [0.1, 0.15) is 17.4 Å². The summed E-state index contributed by atoms with van der Waals surface area (Å²) >= 11 is 3.41. The van der Waals surface area contributed by atoms with Gasteiger partial charge in [-0.05, 0) is 76.1 Å². The van der Waals surface area contributed by atoms with Gasteiger partial charge in [-0.2, -0.15) is 5.26 Å². The first-order valence-electron chi connectivity index (χ1n) is 10.4. The van der Waals surface area contributed by atoms with Gasteiger partial charge in [-0.1, -0.05) is 18.2 Å². The number of methoxy groups -OCH3 is 2. The van der Waals surface area contributed by atoms with Crippen molar-refractivity contribution in [2.45, 2.75) is 0 Å². The topological polar surface area (TPSA) is 110 Å². The highest BCUT2D eigenvalue weighted by atomic mass is 79.9. The summed E-state index contributed by atoms with van der Waals surface area (Å²) in [5.74, 6) is 0.387. The highest BCUT2D eigenvalue weighted by Crippen LogP contribution is 2.37. The first-order valence-corrected chi connectivity index (χ1v) is 11.1. The number of ether oxygens (including phenoxy) is 3. The summed E-state index contributed by atoms with van der Waals surface area (Å²) < 4.78 is 16.7. The van der Waals surface area contributed by atoms with Crippen molar-refractivity contribution in [3.63, 3.8) is 0 Å². The second-order valence-corrected chi connectivity index (χ2v) is 7.94. The Labute approximate surface area is 211 Å². The molecule has 0 aliphatic heterocycles. The molecule has 0 radical (unpaired) electrons. The molecule has 0 unspecified atom stereocenters. The number of nitriles is 1. The fourth-order valence-electron chi connectivity index (χ4n) is 3.01. The van der Waals surface area contributed by atoms with Crippen LogP contribution >= 0.6 is 15.9 Å². The van der Waals surface area contributed by atoms with Crippen LogP contribution in [0.2, 0.25) is 0 Å². The number of halogens is 1. The number of nitrogens with one attached hydrogen (secondary N) is 2. The van der Waals surface area contributed by atoms with Gasteiger partial charge < -0.3 is 24.8 Å². The number of hydrogen-bond donors (Lipinski definition) is 2. The normalized spacial score (nSPS) is 10.6. The van der Waals surface area contributed by atoms with E-state index < -0.39 is 5.91 Å². The first kappa shape index (κ1) is 25.3. The number of carbonyl (C=O) groups is 2. The van der Waals surface area contributed by atoms with Crippen molar-refractivity contribution in [1.29, 1.82) is 5.26 Å². The second-order valence-electron chi connectivity index (χ2n) is 7.09. The molecule has 0 aliphatic rings. The van der Waals surface area contributed by atoms with Gasteiger partial charge in [0.15, 0.2) is 18.1 Å². The van der Waals surface area contributed by atoms with Crippen molar-refractivity contribution in [3.05, 3.63) is 82.3 Å². The third-order valence-electron chi connectivity index (χ3n) is 4.68. The van der Waals surface area contributed by atoms with E-state index in [1.807, 2.05) is 24.3 Å². The summed E-state index contributed by atoms with van der Waals surface area (Å²) in [5, 5.41) is 14.9. The molecule has 178 valence electrons. The number of rotatable bonds is 9. The maximum atomic E-state index is 12.6. The van der Waals surface area contributed by atoms with Crippen molar-refractivity contribution in [2.24, 2.45) is 0 Å². The molecule has 0 atom stereocenters. The van der Waals surface area contributed by atoms with Crippen LogP contribution in [0.3, 0.4) is 0 Å². The maximum Gasteiger partial charge on any atom is 0.266 e. The summed E-state index contributed by atoms with van der Waals surface area (Å²) in [6.45, 7) is -0.243. The molecule has 2 amide bonds. The van der Waals surface area contributed by atoms with Crippen molar-refractivity contribution in [3.8, 4) is 23.3 Å². The Balaban J connectivity index is 1.73. The first-order chi connectivity index (χ1) is 16.9. The van der Waals surface area contributed by atoms with Crippen molar-refractivity contribution in [1.82, 2.24) is 0 Å². The Bertz CT molecular complexity index is 1270. The van der Waals surface area contributed by atoms with Crippen molar-refractivity contribution in [2.75, 3.05) is 31.5 Å². The molecule has 0 heterocycles. The van der Waals surface area contributed by atoms with Gasteiger partial charge in [-0.25, -0.2) is 0 Å². The van der Waals surface area contributed by atoms with Crippen molar-refractivity contribution >= 4 is 45.2 Å². The van der Waals surface area contributed by atoms with Gasteiger partial charge in [0.25, 0.3) is 11.8 Å². The predicted molar refractivity (Wildman–Crippen MR) is 136 cm³/mol. The predicted octanol–water partition coefficient (Wildman–Crippen LogP) is 5.03. The minimum Gasteiger partial charge on any atom is -0.497 e. The molecule has 0 bridgehead atoms. The smallest absolute Gasteiger partial charge is 0.266 e. The zero-order valence-electron chi connectivity index (χ0n) is 19.0. The van der Waals surface area contributed by atoms with Gasteiger partial charge in [-0.3, -0.25) is 9.59 Å². The lowest BCUT2D eigenvalue weighted by Crippen LogP contribution is -2.20. The molecule has 9 heteroatoms. The molecule has 0 spiro atoms. The molecule has 3 aromatic rings. The quantitative estimate of drug-likeness (QED) is 0.293. The minimum absolute atomic E-state index is 0.106. The Morgan fingerprint density at radius 2 is 1.66 bits per heavy atom. The Kier molecular flexibility index (Phi) is 8.87. The number of para-hydroxylation sites is 1. The average molecular weight is 536 g/mol. The summed E-state index contributed by atoms with van der Waals surface area (Å²) in [6.07, 6.45) is 1.43. The van der Waals surface area contributed by atoms with Crippen LogP contribution in [0, 0.1) is 11.3 Å². The summed E-state index contributed by atoms with van der Waals surface area (Å²) in [7, 11) is 3.00. The molecule has 2 N–H and O–H groups in total.